The van der Waals surface area contributed by atoms with Crippen LogP contribution < -0.4 is 5.32 Å². The van der Waals surface area contributed by atoms with Gasteiger partial charge < -0.3 is 15.0 Å². The number of fused-ring (bicyclic) bond motifs is 1. The zero-order valence-electron chi connectivity index (χ0n) is 16.1. The highest BCUT2D eigenvalue weighted by Gasteiger charge is 2.31. The van der Waals surface area contributed by atoms with Crippen LogP contribution in [0.25, 0.3) is 16.9 Å². The Hall–Kier alpha value is -2.90. The number of ether oxygens (including phenoxy) is 1. The van der Waals surface area contributed by atoms with E-state index in [1.165, 1.54) is 0 Å². The van der Waals surface area contributed by atoms with Crippen molar-refractivity contribution >= 4 is 29.7 Å². The molecule has 27 heavy (non-hydrogen) atoms. The highest BCUT2D eigenvalue weighted by Crippen LogP contribution is 2.20. The summed E-state index contributed by atoms with van der Waals surface area (Å²) in [6.07, 6.45) is 3.39. The van der Waals surface area contributed by atoms with Gasteiger partial charge in [-0.25, -0.2) is 9.79 Å². The Kier molecular flexibility index (Phi) is 5.43. The lowest BCUT2D eigenvalue weighted by Gasteiger charge is -2.28. The molecule has 1 aromatic heterocycles. The van der Waals surface area contributed by atoms with Crippen molar-refractivity contribution in [3.63, 3.8) is 0 Å². The summed E-state index contributed by atoms with van der Waals surface area (Å²) in [6, 6.07) is 7.73. The fourth-order valence-corrected chi connectivity index (χ4v) is 3.11. The van der Waals surface area contributed by atoms with Crippen LogP contribution in [0.4, 0.5) is 4.79 Å². The monoisotopic (exact) mass is 370 g/mol. The van der Waals surface area contributed by atoms with Crippen molar-refractivity contribution in [1.82, 2.24) is 25.2 Å². The van der Waals surface area contributed by atoms with Gasteiger partial charge in [-0.3, -0.25) is 0 Å². The molecule has 0 radical (unpaired) electrons. The second-order valence-corrected chi connectivity index (χ2v) is 7.53. The van der Waals surface area contributed by atoms with Crippen LogP contribution >= 0.6 is 0 Å². The van der Waals surface area contributed by atoms with E-state index >= 15 is 0 Å². The molecule has 1 aliphatic heterocycles. The molecule has 2 heterocycles. The first-order valence-corrected chi connectivity index (χ1v) is 9.10. The summed E-state index contributed by atoms with van der Waals surface area (Å²) < 4.78 is 7.14. The Balaban J connectivity index is 1.66. The van der Waals surface area contributed by atoms with E-state index in [0.717, 1.165) is 23.9 Å². The molecule has 3 rings (SSSR count). The van der Waals surface area contributed by atoms with Gasteiger partial charge in [0.15, 0.2) is 5.82 Å². The van der Waals surface area contributed by atoms with E-state index in [0.29, 0.717) is 18.9 Å². The van der Waals surface area contributed by atoms with Crippen molar-refractivity contribution in [3.8, 4) is 0 Å². The third kappa shape index (κ3) is 4.45. The SMILES string of the molecule is C=N/C(=C\NCC1CCCN1C(=O)OC(C)(C)C)n1nnc2ccccc21. The number of hydrogen-bond donors (Lipinski definition) is 1. The molecule has 0 saturated carbocycles. The zero-order valence-corrected chi connectivity index (χ0v) is 16.1. The van der Waals surface area contributed by atoms with Gasteiger partial charge in [-0.05, 0) is 52.5 Å². The lowest BCUT2D eigenvalue weighted by atomic mass is 10.2. The van der Waals surface area contributed by atoms with Crippen LogP contribution in [0, 0.1) is 0 Å². The summed E-state index contributed by atoms with van der Waals surface area (Å²) in [7, 11) is 0. The molecule has 0 aliphatic carbocycles. The van der Waals surface area contributed by atoms with E-state index in [4.69, 9.17) is 4.74 Å². The number of carbonyl (C=O) groups is 1. The van der Waals surface area contributed by atoms with Gasteiger partial charge in [0.25, 0.3) is 0 Å². The van der Waals surface area contributed by atoms with Gasteiger partial charge in [-0.15, -0.1) is 5.10 Å². The van der Waals surface area contributed by atoms with E-state index in [2.05, 4.69) is 27.3 Å². The Morgan fingerprint density at radius 2 is 2.22 bits per heavy atom. The van der Waals surface area contributed by atoms with Crippen LogP contribution in [-0.4, -0.2) is 57.4 Å². The second-order valence-electron chi connectivity index (χ2n) is 7.53. The first-order chi connectivity index (χ1) is 12.9. The average Bonchev–Trinajstić information content (AvgIpc) is 3.24. The second kappa shape index (κ2) is 7.77. The van der Waals surface area contributed by atoms with Crippen LogP contribution in [0.1, 0.15) is 33.6 Å². The third-order valence-electron chi connectivity index (χ3n) is 4.32. The summed E-state index contributed by atoms with van der Waals surface area (Å²) in [5.41, 5.74) is 1.15. The summed E-state index contributed by atoms with van der Waals surface area (Å²) in [5.74, 6) is 0.547. The maximum atomic E-state index is 12.4. The fourth-order valence-electron chi connectivity index (χ4n) is 3.11. The first-order valence-electron chi connectivity index (χ1n) is 9.10. The minimum atomic E-state index is -0.494. The lowest BCUT2D eigenvalue weighted by molar-refractivity contribution is 0.0228. The Morgan fingerprint density at radius 3 is 2.96 bits per heavy atom. The molecule has 0 bridgehead atoms. The molecule has 1 aromatic carbocycles. The quantitative estimate of drug-likeness (QED) is 0.818. The Bertz CT molecular complexity index is 851. The maximum absolute atomic E-state index is 12.4. The summed E-state index contributed by atoms with van der Waals surface area (Å²) in [4.78, 5) is 18.2. The van der Waals surface area contributed by atoms with E-state index < -0.39 is 5.60 Å². The topological polar surface area (TPSA) is 84.6 Å². The standard InChI is InChI=1S/C19H26N6O2/c1-19(2,3)27-18(26)24-11-7-8-14(24)12-21-13-17(20-4)25-16-10-6-5-9-15(16)22-23-25/h5-6,9-10,13-14,21H,4,7-8,11-12H2,1-3H3/b17-13+. The molecule has 1 unspecified atom stereocenters. The number of aliphatic imine (C=N–C) groups is 1. The number of likely N-dealkylation sites (tertiary alicyclic amines) is 1. The number of aromatic nitrogens is 3. The van der Waals surface area contributed by atoms with Crippen LogP contribution in [0.5, 0.6) is 0 Å². The molecule has 144 valence electrons. The van der Waals surface area contributed by atoms with Gasteiger partial charge in [-0.2, -0.15) is 4.68 Å². The van der Waals surface area contributed by atoms with Crippen molar-refractivity contribution in [2.24, 2.45) is 4.99 Å². The molecule has 0 spiro atoms. The Labute approximate surface area is 158 Å². The zero-order chi connectivity index (χ0) is 19.4. The smallest absolute Gasteiger partial charge is 0.410 e. The van der Waals surface area contributed by atoms with E-state index in [9.17, 15) is 4.79 Å². The number of rotatable bonds is 5. The molecular weight excluding hydrogens is 344 g/mol. The molecule has 1 amide bonds. The molecule has 1 saturated heterocycles. The van der Waals surface area contributed by atoms with Gasteiger partial charge in [0.05, 0.1) is 11.6 Å². The number of nitrogens with one attached hydrogen (secondary N) is 1. The van der Waals surface area contributed by atoms with Crippen molar-refractivity contribution in [3.05, 3.63) is 30.5 Å². The number of para-hydroxylation sites is 1. The number of nitrogens with zero attached hydrogens (tertiary/aromatic N) is 5. The Morgan fingerprint density at radius 1 is 1.44 bits per heavy atom. The summed E-state index contributed by atoms with van der Waals surface area (Å²) >= 11 is 0. The number of benzene rings is 1. The third-order valence-corrected chi connectivity index (χ3v) is 4.32. The predicted molar refractivity (Wildman–Crippen MR) is 105 cm³/mol. The van der Waals surface area contributed by atoms with Crippen molar-refractivity contribution < 1.29 is 9.53 Å². The highest BCUT2D eigenvalue weighted by molar-refractivity contribution is 5.77. The lowest BCUT2D eigenvalue weighted by Crippen LogP contribution is -2.43. The van der Waals surface area contributed by atoms with Gasteiger partial charge >= 0.3 is 6.09 Å². The molecule has 1 N–H and O–H groups in total. The largest absolute Gasteiger partial charge is 0.444 e. The molecule has 1 atom stereocenters. The van der Waals surface area contributed by atoms with E-state index in [1.807, 2.05) is 45.0 Å². The van der Waals surface area contributed by atoms with E-state index in [-0.39, 0.29) is 12.1 Å². The first kappa shape index (κ1) is 18.9. The maximum Gasteiger partial charge on any atom is 0.410 e. The summed E-state index contributed by atoms with van der Waals surface area (Å²) in [6.45, 7) is 10.6. The van der Waals surface area contributed by atoms with E-state index in [1.54, 1.807) is 15.8 Å². The fraction of sp³-hybridized carbons (Fsp3) is 0.474. The highest BCUT2D eigenvalue weighted by atomic mass is 16.6. The molecule has 8 nitrogen and oxygen atoms in total. The minimum absolute atomic E-state index is 0.0784. The summed E-state index contributed by atoms with van der Waals surface area (Å²) in [5, 5.41) is 11.5. The normalized spacial score (nSPS) is 18.0. The van der Waals surface area contributed by atoms with Crippen LogP contribution in [0.2, 0.25) is 0 Å². The number of amides is 1. The average molecular weight is 370 g/mol. The van der Waals surface area contributed by atoms with Crippen LogP contribution in [0.3, 0.4) is 0 Å². The molecule has 1 aliphatic rings. The van der Waals surface area contributed by atoms with Crippen molar-refractivity contribution in [2.75, 3.05) is 13.1 Å². The van der Waals surface area contributed by atoms with Crippen molar-refractivity contribution in [2.45, 2.75) is 45.3 Å². The van der Waals surface area contributed by atoms with Crippen molar-refractivity contribution in [1.29, 1.82) is 0 Å². The van der Waals surface area contributed by atoms with Gasteiger partial charge in [0, 0.05) is 19.3 Å². The van der Waals surface area contributed by atoms with Gasteiger partial charge in [-0.1, -0.05) is 17.3 Å². The molecule has 8 heteroatoms. The van der Waals surface area contributed by atoms with Crippen LogP contribution in [0.15, 0.2) is 35.5 Å². The van der Waals surface area contributed by atoms with Gasteiger partial charge in [0.1, 0.15) is 11.1 Å². The molecular formula is C19H26N6O2. The molecule has 2 aromatic rings. The predicted octanol–water partition coefficient (Wildman–Crippen LogP) is 2.88. The number of hydrogen-bond acceptors (Lipinski definition) is 6. The van der Waals surface area contributed by atoms with Crippen LogP contribution in [-0.2, 0) is 4.74 Å². The number of carbonyl (C=O) groups excluding carboxylic acids is 1. The van der Waals surface area contributed by atoms with Gasteiger partial charge in [0.2, 0.25) is 0 Å². The molecule has 1 fully saturated rings. The minimum Gasteiger partial charge on any atom is -0.444 e.